The molecule has 0 fully saturated rings. The highest BCUT2D eigenvalue weighted by Crippen LogP contribution is 1.89. The fourth-order valence-corrected chi connectivity index (χ4v) is 0.862. The summed E-state index contributed by atoms with van der Waals surface area (Å²) in [6, 6.07) is 0. The van der Waals surface area contributed by atoms with E-state index in [9.17, 15) is 9.59 Å². The second-order valence-corrected chi connectivity index (χ2v) is 2.66. The van der Waals surface area contributed by atoms with Crippen LogP contribution in [-0.4, -0.2) is 38.7 Å². The van der Waals surface area contributed by atoms with Crippen LogP contribution in [0.4, 0.5) is 0 Å². The quantitative estimate of drug-likeness (QED) is 0.518. The molecule has 0 spiro atoms. The normalized spacial score (nSPS) is 8.93. The highest BCUT2D eigenvalue weighted by Gasteiger charge is 2.01. The van der Waals surface area contributed by atoms with Crippen molar-refractivity contribution >= 4 is 24.3 Å². The number of rotatable bonds is 7. The van der Waals surface area contributed by atoms with Gasteiger partial charge in [-0.05, 0) is 19.9 Å². The van der Waals surface area contributed by atoms with Gasteiger partial charge < -0.3 is 14.8 Å². The number of nitrogens with one attached hydrogen (secondary N) is 1. The van der Waals surface area contributed by atoms with Gasteiger partial charge in [0.25, 0.3) is 0 Å². The third-order valence-corrected chi connectivity index (χ3v) is 1.54. The summed E-state index contributed by atoms with van der Waals surface area (Å²) in [6.07, 6.45) is 1.03. The molecule has 0 rings (SSSR count). The number of hydrogen-bond acceptors (Lipinski definition) is 5. The van der Waals surface area contributed by atoms with Crippen LogP contribution in [0.15, 0.2) is 0 Å². The maximum absolute atomic E-state index is 10.8. The third kappa shape index (κ3) is 11.1. The average molecular weight is 240 g/mol. The van der Waals surface area contributed by atoms with E-state index in [-0.39, 0.29) is 30.9 Å². The Morgan fingerprint density at radius 3 is 2.47 bits per heavy atom. The molecule has 0 unspecified atom stereocenters. The lowest BCUT2D eigenvalue weighted by molar-refractivity contribution is -0.142. The molecule has 5 nitrogen and oxygen atoms in total. The van der Waals surface area contributed by atoms with E-state index in [0.717, 1.165) is 0 Å². The number of esters is 2. The highest BCUT2D eigenvalue weighted by molar-refractivity contribution is 5.85. The van der Waals surface area contributed by atoms with Gasteiger partial charge in [-0.2, -0.15) is 0 Å². The second kappa shape index (κ2) is 11.3. The van der Waals surface area contributed by atoms with E-state index in [2.05, 4.69) is 10.1 Å². The molecule has 0 amide bonds. The maximum Gasteiger partial charge on any atom is 0.319 e. The molecule has 0 bridgehead atoms. The van der Waals surface area contributed by atoms with Gasteiger partial charge in [0.1, 0.15) is 0 Å². The molecule has 90 valence electrons. The van der Waals surface area contributed by atoms with Gasteiger partial charge in [-0.25, -0.2) is 0 Å². The number of carbonyl (C=O) groups is 2. The van der Waals surface area contributed by atoms with Crippen molar-refractivity contribution in [3.63, 3.8) is 0 Å². The van der Waals surface area contributed by atoms with Crippen LogP contribution in [0, 0.1) is 0 Å². The number of carbonyl (C=O) groups excluding carboxylic acids is 2. The van der Waals surface area contributed by atoms with E-state index >= 15 is 0 Å². The topological polar surface area (TPSA) is 64.6 Å². The number of hydrogen-bond donors (Lipinski definition) is 1. The van der Waals surface area contributed by atoms with Crippen LogP contribution in [0.1, 0.15) is 19.8 Å². The molecule has 0 aromatic carbocycles. The van der Waals surface area contributed by atoms with Gasteiger partial charge in [-0.1, -0.05) is 0 Å². The molecule has 0 saturated heterocycles. The molecule has 0 aromatic heterocycles. The van der Waals surface area contributed by atoms with E-state index in [1.807, 2.05) is 0 Å². The largest absolute Gasteiger partial charge is 0.469 e. The molecule has 0 radical (unpaired) electrons. The van der Waals surface area contributed by atoms with Gasteiger partial charge in [0.2, 0.25) is 0 Å². The van der Waals surface area contributed by atoms with Crippen molar-refractivity contribution in [3.8, 4) is 0 Å². The van der Waals surface area contributed by atoms with Gasteiger partial charge in [0, 0.05) is 6.42 Å². The van der Waals surface area contributed by atoms with Crippen molar-refractivity contribution in [1.29, 1.82) is 0 Å². The second-order valence-electron chi connectivity index (χ2n) is 2.66. The minimum atomic E-state index is -0.273. The fraction of sp³-hybridized carbons (Fsp3) is 0.778. The van der Waals surface area contributed by atoms with Crippen LogP contribution in [0.25, 0.3) is 0 Å². The summed E-state index contributed by atoms with van der Waals surface area (Å²) in [5.41, 5.74) is 0. The summed E-state index contributed by atoms with van der Waals surface area (Å²) in [7, 11) is 1.36. The number of halogens is 1. The minimum Gasteiger partial charge on any atom is -0.469 e. The predicted molar refractivity (Wildman–Crippen MR) is 58.0 cm³/mol. The zero-order valence-electron chi connectivity index (χ0n) is 9.08. The predicted octanol–water partition coefficient (Wildman–Crippen LogP) is 0.514. The molecule has 6 heteroatoms. The van der Waals surface area contributed by atoms with Crippen LogP contribution in [-0.2, 0) is 19.1 Å². The monoisotopic (exact) mass is 239 g/mol. The first-order chi connectivity index (χ1) is 6.70. The Balaban J connectivity index is 0. The third-order valence-electron chi connectivity index (χ3n) is 1.54. The summed E-state index contributed by atoms with van der Waals surface area (Å²) >= 11 is 0. The van der Waals surface area contributed by atoms with Crippen molar-refractivity contribution in [2.45, 2.75) is 19.8 Å². The molecule has 0 saturated carbocycles. The summed E-state index contributed by atoms with van der Waals surface area (Å²) in [5.74, 6) is -0.506. The van der Waals surface area contributed by atoms with Gasteiger partial charge in [-0.15, -0.1) is 12.4 Å². The minimum absolute atomic E-state index is 0. The van der Waals surface area contributed by atoms with E-state index in [0.29, 0.717) is 26.0 Å². The van der Waals surface area contributed by atoms with Crippen molar-refractivity contribution in [1.82, 2.24) is 5.32 Å². The fourth-order valence-electron chi connectivity index (χ4n) is 0.862. The molecular formula is C9H18ClNO4. The van der Waals surface area contributed by atoms with Crippen LogP contribution in [0.3, 0.4) is 0 Å². The molecule has 0 aliphatic rings. The molecule has 0 heterocycles. The number of ether oxygens (including phenoxy) is 2. The zero-order valence-corrected chi connectivity index (χ0v) is 9.89. The molecule has 0 aliphatic heterocycles. The van der Waals surface area contributed by atoms with Crippen molar-refractivity contribution < 1.29 is 19.1 Å². The SMILES string of the molecule is CCOC(=O)CNCCCC(=O)OC.Cl. The molecular weight excluding hydrogens is 222 g/mol. The first-order valence-corrected chi connectivity index (χ1v) is 4.63. The average Bonchev–Trinajstić information content (AvgIpc) is 2.17. The Hall–Kier alpha value is -0.810. The Kier molecular flexibility index (Phi) is 12.5. The van der Waals surface area contributed by atoms with Gasteiger partial charge in [0.15, 0.2) is 0 Å². The lowest BCUT2D eigenvalue weighted by Crippen LogP contribution is -2.26. The lowest BCUT2D eigenvalue weighted by atomic mass is 10.3. The Bertz CT molecular complexity index is 187. The van der Waals surface area contributed by atoms with Crippen LogP contribution in [0.2, 0.25) is 0 Å². The van der Waals surface area contributed by atoms with Gasteiger partial charge >= 0.3 is 11.9 Å². The summed E-state index contributed by atoms with van der Waals surface area (Å²) < 4.78 is 9.16. The van der Waals surface area contributed by atoms with E-state index in [1.165, 1.54) is 7.11 Å². The molecule has 0 aliphatic carbocycles. The number of methoxy groups -OCH3 is 1. The summed E-state index contributed by atoms with van der Waals surface area (Å²) in [5, 5.41) is 2.87. The molecule has 0 atom stereocenters. The summed E-state index contributed by atoms with van der Waals surface area (Å²) in [4.78, 5) is 21.5. The first kappa shape index (κ1) is 16.6. The first-order valence-electron chi connectivity index (χ1n) is 4.63. The standard InChI is InChI=1S/C9H17NO4.ClH/c1-3-14-9(12)7-10-6-4-5-8(11)13-2;/h10H,3-7H2,1-2H3;1H. The Morgan fingerprint density at radius 1 is 1.27 bits per heavy atom. The zero-order chi connectivity index (χ0) is 10.8. The Morgan fingerprint density at radius 2 is 1.93 bits per heavy atom. The summed E-state index contributed by atoms with van der Waals surface area (Å²) in [6.45, 7) is 2.95. The van der Waals surface area contributed by atoms with Crippen molar-refractivity contribution in [2.75, 3.05) is 26.8 Å². The van der Waals surface area contributed by atoms with Crippen molar-refractivity contribution in [2.24, 2.45) is 0 Å². The van der Waals surface area contributed by atoms with E-state index in [4.69, 9.17) is 4.74 Å². The molecule has 0 aromatic rings. The van der Waals surface area contributed by atoms with Gasteiger partial charge in [-0.3, -0.25) is 9.59 Å². The highest BCUT2D eigenvalue weighted by atomic mass is 35.5. The van der Waals surface area contributed by atoms with Gasteiger partial charge in [0.05, 0.1) is 20.3 Å². The maximum atomic E-state index is 10.8. The van der Waals surface area contributed by atoms with Crippen LogP contribution >= 0.6 is 12.4 Å². The van der Waals surface area contributed by atoms with E-state index < -0.39 is 0 Å². The van der Waals surface area contributed by atoms with Crippen molar-refractivity contribution in [3.05, 3.63) is 0 Å². The Labute approximate surface area is 95.9 Å². The molecule has 15 heavy (non-hydrogen) atoms. The smallest absolute Gasteiger partial charge is 0.319 e. The van der Waals surface area contributed by atoms with Crippen LogP contribution < -0.4 is 5.32 Å². The lowest BCUT2D eigenvalue weighted by Gasteiger charge is -2.03. The molecule has 1 N–H and O–H groups in total. The van der Waals surface area contributed by atoms with Crippen LogP contribution in [0.5, 0.6) is 0 Å². The van der Waals surface area contributed by atoms with E-state index in [1.54, 1.807) is 6.92 Å².